The highest BCUT2D eigenvalue weighted by atomic mass is 16.7. The van der Waals surface area contributed by atoms with E-state index in [-0.39, 0.29) is 57.8 Å². The molecule has 8 N–H and O–H groups in total. The van der Waals surface area contributed by atoms with Crippen LogP contribution in [0.25, 0.3) is 44.5 Å². The van der Waals surface area contributed by atoms with Gasteiger partial charge in [-0.2, -0.15) is 0 Å². The van der Waals surface area contributed by atoms with E-state index in [0.717, 1.165) is 94.6 Å². The normalized spacial score (nSPS) is 22.6. The van der Waals surface area contributed by atoms with Crippen molar-refractivity contribution in [2.24, 2.45) is 0 Å². The molecular formula is C103H114N8O27. The molecule has 35 nitrogen and oxygen atoms in total. The van der Waals surface area contributed by atoms with Crippen LogP contribution in [0.2, 0.25) is 0 Å². The lowest BCUT2D eigenvalue weighted by atomic mass is 9.89. The summed E-state index contributed by atoms with van der Waals surface area (Å²) in [7, 11) is 8.14. The summed E-state index contributed by atoms with van der Waals surface area (Å²) < 4.78 is 117. The third kappa shape index (κ3) is 22.7. The van der Waals surface area contributed by atoms with Gasteiger partial charge in [-0.05, 0) is 94.6 Å². The van der Waals surface area contributed by atoms with Gasteiger partial charge in [-0.3, -0.25) is 19.2 Å². The standard InChI is InChI=1S/C103H114N8O27/c1-120-54-130-88-81(47-106-98(114)95-86(110-102(118)128-52-79-73-40-22-14-32-65(73)66-33-15-23-41-74(66)79)92(134-58-124-5)89(131-55-121-2)82(137-95)48-107-100(116)126-50-77-69-36-18-10-28-61(69)62-29-11-19-37-70(62)77)136-94(97(113)104-45-44-84(112)105-46-60-26-8-7-9-27-60)85(91(88)133-57-123-4)109-99(115)96-87(111-103(119)129-53-80-75-42-24-16-34-67(75)68-35-17-25-43-76(68)80)93(135-59-125-6)90(132-56-122-3)83(138-96)49-108-101(117)127-51-78-71-38-20-12-30-63(71)64-31-13-21-39-72(64)78/h7-43,77-83,85-96H,44-59H2,1-6H3,(H,104,113)(H,105,112)(H,106,114)(H,107,116)(H,108,117)(H,109,115)(H,110,118)(H,111,119)/t81-,82-,83-,85-,86-,87-,88-,89-,90-,91-,92-,93-,94-,95-,96-/m1/s1. The number of rotatable bonds is 43. The SMILES string of the molecule is COCO[C@@H]1[C@@H](NC(=O)OCC2c3ccccc3-c3ccccc32)[C@H](C(=O)NC[C@H]2O[C@@H](C(=O)NCCC(=O)NCc3ccccc3)[C@H](NC(=O)[C@@H]3O[C@H](CNC(=O)OCC4c5ccccc5-c5ccccc54)[C@@H](OCOC)[C@H](OCOC)[C@H]3NC(=O)OCC3c4ccccc4-c4ccccc43)[C@@H](OCOC)[C@@H]2OCOC)O[C@H](CNC(=O)OCC2c3ccccc3-c3ccccc32)[C@H]1OCOC. The van der Waals surface area contributed by atoms with Gasteiger partial charge in [0, 0.05) is 105 Å². The van der Waals surface area contributed by atoms with E-state index in [1.807, 2.05) is 224 Å². The van der Waals surface area contributed by atoms with E-state index in [4.69, 9.17) is 90.0 Å². The predicted molar refractivity (Wildman–Crippen MR) is 497 cm³/mol. The third-order valence-electron chi connectivity index (χ3n) is 25.7. The highest BCUT2D eigenvalue weighted by molar-refractivity contribution is 5.89. The number of hydrogen-bond donors (Lipinski definition) is 8. The summed E-state index contributed by atoms with van der Waals surface area (Å²) in [5.74, 6) is -4.95. The first-order valence-corrected chi connectivity index (χ1v) is 45.7. The van der Waals surface area contributed by atoms with Crippen molar-refractivity contribution in [1.29, 1.82) is 0 Å². The highest BCUT2D eigenvalue weighted by Crippen LogP contribution is 2.49. The van der Waals surface area contributed by atoms with Gasteiger partial charge in [0.25, 0.3) is 17.7 Å². The Morgan fingerprint density at radius 1 is 0.268 bits per heavy atom. The number of benzene rings is 9. The zero-order chi connectivity index (χ0) is 96.0. The molecule has 9 aromatic carbocycles. The zero-order valence-electron chi connectivity index (χ0n) is 77.2. The van der Waals surface area contributed by atoms with Crippen molar-refractivity contribution >= 4 is 48.0 Å². The molecule has 0 radical (unpaired) electrons. The van der Waals surface area contributed by atoms with E-state index < -0.39 is 212 Å². The zero-order valence-corrected chi connectivity index (χ0v) is 77.2. The van der Waals surface area contributed by atoms with Crippen LogP contribution in [0, 0.1) is 0 Å². The van der Waals surface area contributed by atoms with Gasteiger partial charge in [0.2, 0.25) is 5.91 Å². The molecule has 3 heterocycles. The van der Waals surface area contributed by atoms with Gasteiger partial charge in [-0.15, -0.1) is 0 Å². The van der Waals surface area contributed by atoms with Crippen molar-refractivity contribution < 1.29 is 128 Å². The summed E-state index contributed by atoms with van der Waals surface area (Å²) in [5, 5.41) is 23.0. The van der Waals surface area contributed by atoms with Crippen molar-refractivity contribution in [3.8, 4) is 44.5 Å². The van der Waals surface area contributed by atoms with E-state index in [1.165, 1.54) is 42.7 Å². The second-order valence-corrected chi connectivity index (χ2v) is 34.0. The molecule has 35 heteroatoms. The van der Waals surface area contributed by atoms with Gasteiger partial charge in [-0.25, -0.2) is 19.2 Å². The molecule has 728 valence electrons. The Balaban J connectivity index is 0.715. The Labute approximate surface area is 798 Å². The van der Waals surface area contributed by atoms with Crippen LogP contribution < -0.4 is 42.5 Å². The van der Waals surface area contributed by atoms with Crippen LogP contribution in [0.1, 0.15) is 80.2 Å². The number of fused-ring (bicyclic) bond motifs is 12. The molecule has 3 fully saturated rings. The average molecular weight is 1900 g/mol. The lowest BCUT2D eigenvalue weighted by Crippen LogP contribution is -2.73. The first-order chi connectivity index (χ1) is 67.6. The van der Waals surface area contributed by atoms with E-state index >= 15 is 19.2 Å². The number of amides is 8. The van der Waals surface area contributed by atoms with Gasteiger partial charge < -0.3 is 133 Å². The van der Waals surface area contributed by atoms with Crippen molar-refractivity contribution in [3.63, 3.8) is 0 Å². The minimum absolute atomic E-state index is 0.0630. The minimum atomic E-state index is -1.95. The summed E-state index contributed by atoms with van der Waals surface area (Å²) in [6.07, 6.45) is -22.7. The Kier molecular flexibility index (Phi) is 33.9. The number of nitrogens with one attached hydrogen (secondary N) is 8. The fraction of sp³-hybridized carbons (Fsp3) is 0.398. The summed E-state index contributed by atoms with van der Waals surface area (Å²) in [5.41, 5.74) is 16.2. The maximum absolute atomic E-state index is 16.6. The van der Waals surface area contributed by atoms with E-state index in [0.29, 0.717) is 0 Å². The quantitative estimate of drug-likeness (QED) is 0.0130. The molecule has 3 saturated heterocycles. The molecule has 9 aromatic rings. The second kappa shape index (κ2) is 47.6. The minimum Gasteiger partial charge on any atom is -0.449 e. The van der Waals surface area contributed by atoms with Gasteiger partial charge in [0.05, 0.1) is 18.1 Å². The number of hydrogen-bond acceptors (Lipinski definition) is 27. The maximum atomic E-state index is 16.6. The Morgan fingerprint density at radius 3 is 0.826 bits per heavy atom. The molecule has 3 aliphatic heterocycles. The van der Waals surface area contributed by atoms with Gasteiger partial charge in [-0.1, -0.05) is 224 Å². The van der Waals surface area contributed by atoms with E-state index in [2.05, 4.69) is 42.5 Å². The van der Waals surface area contributed by atoms with E-state index in [9.17, 15) is 19.2 Å². The van der Waals surface area contributed by atoms with Crippen LogP contribution in [-0.4, -0.2) is 275 Å². The lowest BCUT2D eigenvalue weighted by molar-refractivity contribution is -0.250. The van der Waals surface area contributed by atoms with Crippen molar-refractivity contribution in [2.75, 3.05) is 136 Å². The van der Waals surface area contributed by atoms with Crippen LogP contribution in [0.3, 0.4) is 0 Å². The summed E-state index contributed by atoms with van der Waals surface area (Å²) in [6.45, 7) is -5.00. The van der Waals surface area contributed by atoms with Gasteiger partial charge >= 0.3 is 24.4 Å². The van der Waals surface area contributed by atoms with Crippen molar-refractivity contribution in [3.05, 3.63) is 275 Å². The Morgan fingerprint density at radius 2 is 0.522 bits per heavy atom. The van der Waals surface area contributed by atoms with Crippen molar-refractivity contribution in [2.45, 2.75) is 128 Å². The molecule has 138 heavy (non-hydrogen) atoms. The first-order valence-electron chi connectivity index (χ1n) is 45.7. The number of alkyl carbamates (subject to hydrolysis) is 4. The Bertz CT molecular complexity index is 5500. The van der Waals surface area contributed by atoms with Gasteiger partial charge in [0.1, 0.15) is 122 Å². The summed E-state index contributed by atoms with van der Waals surface area (Å²) in [4.78, 5) is 121. The van der Waals surface area contributed by atoms with Crippen LogP contribution >= 0.6 is 0 Å². The fourth-order valence-corrected chi connectivity index (χ4v) is 19.6. The molecular weight excluding hydrogens is 1780 g/mol. The highest BCUT2D eigenvalue weighted by Gasteiger charge is 2.57. The maximum Gasteiger partial charge on any atom is 0.407 e. The monoisotopic (exact) mass is 1890 g/mol. The van der Waals surface area contributed by atoms with Crippen LogP contribution in [0.15, 0.2) is 224 Å². The molecule has 16 rings (SSSR count). The van der Waals surface area contributed by atoms with Crippen LogP contribution in [0.5, 0.6) is 0 Å². The average Bonchev–Trinajstić information content (AvgIpc) is 1.71. The molecule has 4 aliphatic carbocycles. The number of carbonyl (C=O) groups is 8. The number of carbonyl (C=O) groups excluding carboxylic acids is 8. The molecule has 7 aliphatic rings. The molecule has 0 aromatic heterocycles. The Hall–Kier alpha value is -12.7. The van der Waals surface area contributed by atoms with Crippen LogP contribution in [-0.2, 0) is 116 Å². The lowest BCUT2D eigenvalue weighted by Gasteiger charge is -2.48. The van der Waals surface area contributed by atoms with Gasteiger partial charge in [0.15, 0.2) is 18.3 Å². The molecule has 0 saturated carbocycles. The smallest absolute Gasteiger partial charge is 0.407 e. The summed E-state index contributed by atoms with van der Waals surface area (Å²) >= 11 is 0. The molecule has 0 unspecified atom stereocenters. The van der Waals surface area contributed by atoms with E-state index in [1.54, 1.807) is 0 Å². The fourth-order valence-electron chi connectivity index (χ4n) is 19.6. The summed E-state index contributed by atoms with van der Waals surface area (Å²) in [6, 6.07) is 66.7. The first kappa shape index (κ1) is 98.4. The number of methoxy groups -OCH3 is 6. The molecule has 0 bridgehead atoms. The molecule has 15 atom stereocenters. The second-order valence-electron chi connectivity index (χ2n) is 34.0. The largest absolute Gasteiger partial charge is 0.449 e. The third-order valence-corrected chi connectivity index (χ3v) is 25.7. The molecule has 8 amide bonds. The van der Waals surface area contributed by atoms with Crippen LogP contribution in [0.4, 0.5) is 19.2 Å². The number of ether oxygens (including phenoxy) is 19. The molecule has 0 spiro atoms. The topological polar surface area (TPSA) is 408 Å². The predicted octanol–water partition coefficient (Wildman–Crippen LogP) is 9.54. The van der Waals surface area contributed by atoms with Crippen molar-refractivity contribution in [1.82, 2.24) is 42.5 Å².